The first kappa shape index (κ1) is 10.8. The number of carbonyl (C=O) groups is 1. The molecule has 5 nitrogen and oxygen atoms in total. The molecule has 0 aliphatic rings. The molecule has 1 aromatic rings. The lowest BCUT2D eigenvalue weighted by molar-refractivity contribution is 0.0677. The minimum Gasteiger partial charge on any atom is -0.476 e. The van der Waals surface area contributed by atoms with Gasteiger partial charge in [0.25, 0.3) is 6.43 Å². The van der Waals surface area contributed by atoms with Crippen LogP contribution in [0.1, 0.15) is 28.0 Å². The van der Waals surface area contributed by atoms with E-state index in [1.54, 1.807) is 0 Å². The van der Waals surface area contributed by atoms with Crippen molar-refractivity contribution < 1.29 is 18.7 Å². The fourth-order valence-corrected chi connectivity index (χ4v) is 1.05. The molecule has 15 heavy (non-hydrogen) atoms. The van der Waals surface area contributed by atoms with E-state index >= 15 is 0 Å². The van der Waals surface area contributed by atoms with Crippen LogP contribution in [0, 0.1) is 11.3 Å². The van der Waals surface area contributed by atoms with Crippen molar-refractivity contribution in [3.8, 4) is 6.07 Å². The lowest BCUT2D eigenvalue weighted by atomic mass is 10.1. The van der Waals surface area contributed by atoms with E-state index in [4.69, 9.17) is 16.1 Å². The topological polar surface area (TPSA) is 100 Å². The largest absolute Gasteiger partial charge is 0.476 e. The Labute approximate surface area is 82.8 Å². The Hall–Kier alpha value is -2.23. The third-order valence-electron chi connectivity index (χ3n) is 1.62. The summed E-state index contributed by atoms with van der Waals surface area (Å²) in [6, 6.07) is 2.36. The van der Waals surface area contributed by atoms with Gasteiger partial charge in [0, 0.05) is 0 Å². The van der Waals surface area contributed by atoms with Crippen LogP contribution in [0.3, 0.4) is 0 Å². The Morgan fingerprint density at radius 3 is 2.67 bits per heavy atom. The zero-order chi connectivity index (χ0) is 11.6. The highest BCUT2D eigenvalue weighted by Gasteiger charge is 2.24. The molecular formula is C8H5F2N3O2. The molecule has 7 heteroatoms. The van der Waals surface area contributed by atoms with Gasteiger partial charge in [0.1, 0.15) is 5.82 Å². The van der Waals surface area contributed by atoms with Crippen molar-refractivity contribution in [2.45, 2.75) is 6.43 Å². The number of anilines is 1. The summed E-state index contributed by atoms with van der Waals surface area (Å²) in [5.41, 5.74) is 2.90. The standard InChI is InChI=1S/C8H5F2N3O2/c9-7(10)5-3(2-11)1-4(12)13-6(5)8(14)15/h1,7H,(H2,12,13)(H,14,15). The molecule has 1 heterocycles. The Kier molecular flexibility index (Phi) is 2.80. The summed E-state index contributed by atoms with van der Waals surface area (Å²) in [7, 11) is 0. The number of hydrogen-bond acceptors (Lipinski definition) is 4. The third-order valence-corrected chi connectivity index (χ3v) is 1.62. The predicted molar refractivity (Wildman–Crippen MR) is 45.3 cm³/mol. The van der Waals surface area contributed by atoms with Gasteiger partial charge in [-0.1, -0.05) is 0 Å². The number of carboxylic acids is 1. The number of aromatic carboxylic acids is 1. The van der Waals surface area contributed by atoms with E-state index < -0.39 is 29.2 Å². The predicted octanol–water partition coefficient (Wildman–Crippen LogP) is 1.17. The van der Waals surface area contributed by atoms with E-state index in [1.807, 2.05) is 0 Å². The molecule has 0 saturated heterocycles. The number of nitrogens with zero attached hydrogens (tertiary/aromatic N) is 2. The molecule has 0 aliphatic heterocycles. The number of halogens is 2. The summed E-state index contributed by atoms with van der Waals surface area (Å²) >= 11 is 0. The molecule has 3 N–H and O–H groups in total. The number of pyridine rings is 1. The molecule has 0 unspecified atom stereocenters. The Morgan fingerprint density at radius 1 is 1.67 bits per heavy atom. The number of hydrogen-bond donors (Lipinski definition) is 2. The van der Waals surface area contributed by atoms with Crippen molar-refractivity contribution in [1.82, 2.24) is 4.98 Å². The zero-order valence-corrected chi connectivity index (χ0v) is 7.24. The molecule has 0 fully saturated rings. The van der Waals surface area contributed by atoms with Gasteiger partial charge in [-0.3, -0.25) is 0 Å². The van der Waals surface area contributed by atoms with Gasteiger partial charge >= 0.3 is 5.97 Å². The molecule has 1 aromatic heterocycles. The van der Waals surface area contributed by atoms with E-state index in [1.165, 1.54) is 6.07 Å². The van der Waals surface area contributed by atoms with E-state index in [0.29, 0.717) is 0 Å². The quantitative estimate of drug-likeness (QED) is 0.767. The number of nitrogen functional groups attached to an aromatic ring is 1. The van der Waals surface area contributed by atoms with Crippen molar-refractivity contribution in [2.75, 3.05) is 5.73 Å². The summed E-state index contributed by atoms with van der Waals surface area (Å²) in [6.45, 7) is 0. The molecule has 78 valence electrons. The van der Waals surface area contributed by atoms with Crippen molar-refractivity contribution in [1.29, 1.82) is 5.26 Å². The third kappa shape index (κ3) is 1.99. The van der Waals surface area contributed by atoms with Crippen molar-refractivity contribution in [3.63, 3.8) is 0 Å². The highest BCUT2D eigenvalue weighted by Crippen LogP contribution is 2.26. The fraction of sp³-hybridized carbons (Fsp3) is 0.125. The van der Waals surface area contributed by atoms with E-state index in [2.05, 4.69) is 4.98 Å². The number of nitriles is 1. The van der Waals surface area contributed by atoms with Crippen LogP contribution in [0.15, 0.2) is 6.07 Å². The summed E-state index contributed by atoms with van der Waals surface area (Å²) in [5, 5.41) is 17.1. The first-order valence-corrected chi connectivity index (χ1v) is 3.69. The summed E-state index contributed by atoms with van der Waals surface area (Å²) in [6.07, 6.45) is -3.08. The van der Waals surface area contributed by atoms with Gasteiger partial charge in [0.05, 0.1) is 17.2 Å². The smallest absolute Gasteiger partial charge is 0.355 e. The Morgan fingerprint density at radius 2 is 2.27 bits per heavy atom. The lowest BCUT2D eigenvalue weighted by Gasteiger charge is -2.06. The normalized spacial score (nSPS) is 10.0. The molecule has 0 amide bonds. The zero-order valence-electron chi connectivity index (χ0n) is 7.24. The monoisotopic (exact) mass is 213 g/mol. The summed E-state index contributed by atoms with van der Waals surface area (Å²) in [4.78, 5) is 13.8. The van der Waals surface area contributed by atoms with Gasteiger partial charge in [-0.05, 0) is 6.07 Å². The van der Waals surface area contributed by atoms with Gasteiger partial charge in [-0.2, -0.15) is 5.26 Å². The summed E-state index contributed by atoms with van der Waals surface area (Å²) in [5.74, 6) is -1.93. The highest BCUT2D eigenvalue weighted by atomic mass is 19.3. The number of carboxylic acid groups (broad SMARTS) is 1. The minimum absolute atomic E-state index is 0.284. The maximum Gasteiger partial charge on any atom is 0.355 e. The van der Waals surface area contributed by atoms with Crippen molar-refractivity contribution >= 4 is 11.8 Å². The molecule has 0 radical (unpaired) electrons. The van der Waals surface area contributed by atoms with Crippen LogP contribution >= 0.6 is 0 Å². The first-order valence-electron chi connectivity index (χ1n) is 3.69. The second-order valence-corrected chi connectivity index (χ2v) is 2.57. The minimum atomic E-state index is -3.08. The Bertz CT molecular complexity index is 454. The first-order chi connectivity index (χ1) is 6.97. The van der Waals surface area contributed by atoms with Crippen molar-refractivity contribution in [3.05, 3.63) is 22.9 Å². The summed E-state index contributed by atoms with van der Waals surface area (Å²) < 4.78 is 24.9. The Balaban J connectivity index is 3.56. The van der Waals surface area contributed by atoms with Crippen molar-refractivity contribution in [2.24, 2.45) is 0 Å². The molecule has 0 aliphatic carbocycles. The second-order valence-electron chi connectivity index (χ2n) is 2.57. The molecule has 0 aromatic carbocycles. The molecule has 0 bridgehead atoms. The van der Waals surface area contributed by atoms with Gasteiger partial charge < -0.3 is 10.8 Å². The maximum absolute atomic E-state index is 12.5. The highest BCUT2D eigenvalue weighted by molar-refractivity contribution is 5.88. The molecular weight excluding hydrogens is 208 g/mol. The van der Waals surface area contributed by atoms with Crippen LogP contribution in [0.25, 0.3) is 0 Å². The van der Waals surface area contributed by atoms with E-state index in [0.717, 1.165) is 6.07 Å². The molecule has 0 saturated carbocycles. The molecule has 0 spiro atoms. The van der Waals surface area contributed by atoms with Crippen LogP contribution in [0.2, 0.25) is 0 Å². The molecule has 1 rings (SSSR count). The van der Waals surface area contributed by atoms with E-state index in [-0.39, 0.29) is 5.82 Å². The van der Waals surface area contributed by atoms with Gasteiger partial charge in [0.15, 0.2) is 5.69 Å². The fourth-order valence-electron chi connectivity index (χ4n) is 1.05. The average Bonchev–Trinajstić information content (AvgIpc) is 2.15. The second kappa shape index (κ2) is 3.88. The number of rotatable bonds is 2. The van der Waals surface area contributed by atoms with Crippen LogP contribution in [-0.4, -0.2) is 16.1 Å². The average molecular weight is 213 g/mol. The van der Waals surface area contributed by atoms with Gasteiger partial charge in [-0.15, -0.1) is 0 Å². The van der Waals surface area contributed by atoms with Gasteiger partial charge in [0.2, 0.25) is 0 Å². The SMILES string of the molecule is N#Cc1cc(N)nc(C(=O)O)c1C(F)F. The van der Waals surface area contributed by atoms with Crippen LogP contribution in [-0.2, 0) is 0 Å². The van der Waals surface area contributed by atoms with Gasteiger partial charge in [-0.25, -0.2) is 18.6 Å². The molecule has 0 atom stereocenters. The number of nitrogens with two attached hydrogens (primary N) is 1. The maximum atomic E-state index is 12.5. The van der Waals surface area contributed by atoms with Crippen LogP contribution < -0.4 is 5.73 Å². The lowest BCUT2D eigenvalue weighted by Crippen LogP contribution is -2.10. The van der Waals surface area contributed by atoms with Crippen LogP contribution in [0.4, 0.5) is 14.6 Å². The number of alkyl halides is 2. The van der Waals surface area contributed by atoms with E-state index in [9.17, 15) is 13.6 Å². The number of aromatic nitrogens is 1. The van der Waals surface area contributed by atoms with Crippen LogP contribution in [0.5, 0.6) is 0 Å².